The highest BCUT2D eigenvalue weighted by atomic mass is 32.2. The molecule has 0 amide bonds. The third kappa shape index (κ3) is 2.25. The predicted molar refractivity (Wildman–Crippen MR) is 75.4 cm³/mol. The third-order valence-electron chi connectivity index (χ3n) is 4.37. The lowest BCUT2D eigenvalue weighted by atomic mass is 9.76. The van der Waals surface area contributed by atoms with Gasteiger partial charge in [-0.25, -0.2) is 0 Å². The Morgan fingerprint density at radius 1 is 1.18 bits per heavy atom. The Kier molecular flexibility index (Phi) is 3.44. The number of nitrogens with two attached hydrogens (primary N) is 1. The molecule has 1 aliphatic heterocycles. The van der Waals surface area contributed by atoms with Crippen LogP contribution < -0.4 is 5.73 Å². The molecule has 0 spiro atoms. The number of hydrogen-bond donors (Lipinski definition) is 1. The molecule has 0 radical (unpaired) electrons. The van der Waals surface area contributed by atoms with Crippen LogP contribution in [0.25, 0.3) is 0 Å². The van der Waals surface area contributed by atoms with E-state index in [1.165, 1.54) is 42.8 Å². The second kappa shape index (κ2) is 5.03. The summed E-state index contributed by atoms with van der Waals surface area (Å²) < 4.78 is 0. The number of benzene rings is 1. The van der Waals surface area contributed by atoms with Gasteiger partial charge in [-0.3, -0.25) is 0 Å². The molecule has 1 saturated heterocycles. The van der Waals surface area contributed by atoms with Crippen LogP contribution in [0.4, 0.5) is 0 Å². The van der Waals surface area contributed by atoms with Gasteiger partial charge in [0, 0.05) is 6.04 Å². The summed E-state index contributed by atoms with van der Waals surface area (Å²) in [5.41, 5.74) is 9.48. The molecule has 0 bridgehead atoms. The van der Waals surface area contributed by atoms with Crippen molar-refractivity contribution in [3.8, 4) is 0 Å². The Morgan fingerprint density at radius 2 is 2.00 bits per heavy atom. The van der Waals surface area contributed by atoms with Crippen molar-refractivity contribution in [3.63, 3.8) is 0 Å². The average Bonchev–Trinajstić information content (AvgIpc) is 2.80. The zero-order valence-electron chi connectivity index (χ0n) is 10.3. The van der Waals surface area contributed by atoms with E-state index in [1.807, 2.05) is 0 Å². The molecule has 2 atom stereocenters. The van der Waals surface area contributed by atoms with E-state index in [1.54, 1.807) is 5.56 Å². The van der Waals surface area contributed by atoms with Crippen molar-refractivity contribution in [2.24, 2.45) is 11.7 Å². The van der Waals surface area contributed by atoms with E-state index in [9.17, 15) is 0 Å². The van der Waals surface area contributed by atoms with Crippen molar-refractivity contribution >= 4 is 11.8 Å². The van der Waals surface area contributed by atoms with Crippen molar-refractivity contribution in [1.29, 1.82) is 0 Å². The maximum absolute atomic E-state index is 6.50. The van der Waals surface area contributed by atoms with Gasteiger partial charge in [0.15, 0.2) is 0 Å². The van der Waals surface area contributed by atoms with Crippen molar-refractivity contribution in [1.82, 2.24) is 0 Å². The van der Waals surface area contributed by atoms with Crippen molar-refractivity contribution in [2.45, 2.75) is 37.6 Å². The molecule has 92 valence electrons. The Balaban J connectivity index is 1.84. The Morgan fingerprint density at radius 3 is 2.65 bits per heavy atom. The van der Waals surface area contributed by atoms with E-state index in [4.69, 9.17) is 5.73 Å². The van der Waals surface area contributed by atoms with Crippen LogP contribution >= 0.6 is 11.8 Å². The van der Waals surface area contributed by atoms with Gasteiger partial charge in [0.25, 0.3) is 0 Å². The highest BCUT2D eigenvalue weighted by Gasteiger charge is 2.28. The van der Waals surface area contributed by atoms with Crippen LogP contribution in [0.5, 0.6) is 0 Å². The maximum Gasteiger partial charge on any atom is 0.0334 e. The molecule has 3 rings (SSSR count). The summed E-state index contributed by atoms with van der Waals surface area (Å²) >= 11 is 2.06. The fourth-order valence-corrected chi connectivity index (χ4v) is 4.31. The molecule has 1 aliphatic carbocycles. The number of rotatable bonds is 3. The minimum Gasteiger partial charge on any atom is -0.324 e. The summed E-state index contributed by atoms with van der Waals surface area (Å²) in [6.07, 6.45) is 5.42. The zero-order valence-corrected chi connectivity index (χ0v) is 11.1. The van der Waals surface area contributed by atoms with Gasteiger partial charge in [0.2, 0.25) is 0 Å². The highest BCUT2D eigenvalue weighted by Crippen LogP contribution is 2.41. The summed E-state index contributed by atoms with van der Waals surface area (Å²) in [6, 6.07) is 9.16. The molecule has 1 heterocycles. The van der Waals surface area contributed by atoms with Gasteiger partial charge in [0.05, 0.1) is 0 Å². The summed E-state index contributed by atoms with van der Waals surface area (Å²) in [5, 5.41) is 0. The number of hydrogen-bond acceptors (Lipinski definition) is 2. The van der Waals surface area contributed by atoms with E-state index < -0.39 is 0 Å². The molecule has 17 heavy (non-hydrogen) atoms. The molecular formula is C15H21NS. The zero-order chi connectivity index (χ0) is 11.7. The van der Waals surface area contributed by atoms with Crippen LogP contribution in [-0.4, -0.2) is 11.5 Å². The predicted octanol–water partition coefficient (Wildman–Crippen LogP) is 3.71. The molecule has 2 fully saturated rings. The van der Waals surface area contributed by atoms with Crippen LogP contribution in [0.2, 0.25) is 0 Å². The van der Waals surface area contributed by atoms with Gasteiger partial charge < -0.3 is 5.73 Å². The first kappa shape index (κ1) is 11.6. The van der Waals surface area contributed by atoms with Gasteiger partial charge in [-0.15, -0.1) is 0 Å². The molecule has 1 saturated carbocycles. The van der Waals surface area contributed by atoms with Crippen LogP contribution in [-0.2, 0) is 0 Å². The topological polar surface area (TPSA) is 26.0 Å². The standard InChI is InChI=1S/C15H21NS/c16-15(12-8-9-17-10-12)14-7-2-1-6-13(14)11-4-3-5-11/h1-2,6-7,11-12,15H,3-5,8-10,16H2. The molecule has 2 aliphatic rings. The van der Waals surface area contributed by atoms with E-state index in [0.29, 0.717) is 5.92 Å². The minimum atomic E-state index is 0.266. The van der Waals surface area contributed by atoms with Gasteiger partial charge in [-0.1, -0.05) is 30.7 Å². The molecule has 2 heteroatoms. The Labute approximate surface area is 108 Å². The van der Waals surface area contributed by atoms with Gasteiger partial charge in [-0.2, -0.15) is 11.8 Å². The Bertz CT molecular complexity index is 380. The maximum atomic E-state index is 6.50. The number of thioether (sulfide) groups is 1. The molecule has 2 unspecified atom stereocenters. The molecule has 1 aromatic rings. The van der Waals surface area contributed by atoms with Crippen molar-refractivity contribution < 1.29 is 0 Å². The summed E-state index contributed by atoms with van der Waals surface area (Å²) in [7, 11) is 0. The van der Waals surface area contributed by atoms with Crippen LogP contribution in [0.3, 0.4) is 0 Å². The molecular weight excluding hydrogens is 226 g/mol. The summed E-state index contributed by atoms with van der Waals surface area (Å²) in [4.78, 5) is 0. The van der Waals surface area contributed by atoms with Crippen LogP contribution in [0.1, 0.15) is 48.8 Å². The van der Waals surface area contributed by atoms with E-state index in [2.05, 4.69) is 36.0 Å². The van der Waals surface area contributed by atoms with E-state index in [0.717, 1.165) is 5.92 Å². The monoisotopic (exact) mass is 247 g/mol. The smallest absolute Gasteiger partial charge is 0.0334 e. The second-order valence-electron chi connectivity index (χ2n) is 5.41. The first-order chi connectivity index (χ1) is 8.36. The quantitative estimate of drug-likeness (QED) is 0.881. The van der Waals surface area contributed by atoms with Crippen molar-refractivity contribution in [3.05, 3.63) is 35.4 Å². The van der Waals surface area contributed by atoms with E-state index in [-0.39, 0.29) is 6.04 Å². The first-order valence-corrected chi connectivity index (χ1v) is 7.94. The average molecular weight is 247 g/mol. The highest BCUT2D eigenvalue weighted by molar-refractivity contribution is 7.99. The second-order valence-corrected chi connectivity index (χ2v) is 6.56. The summed E-state index contributed by atoms with van der Waals surface area (Å²) in [6.45, 7) is 0. The van der Waals surface area contributed by atoms with Gasteiger partial charge >= 0.3 is 0 Å². The fourth-order valence-electron chi connectivity index (χ4n) is 3.00. The summed E-state index contributed by atoms with van der Waals surface area (Å²) in [5.74, 6) is 4.04. The fraction of sp³-hybridized carbons (Fsp3) is 0.600. The normalized spacial score (nSPS) is 26.8. The van der Waals surface area contributed by atoms with Gasteiger partial charge in [0.1, 0.15) is 0 Å². The largest absolute Gasteiger partial charge is 0.324 e. The molecule has 1 nitrogen and oxygen atoms in total. The third-order valence-corrected chi connectivity index (χ3v) is 5.56. The lowest BCUT2D eigenvalue weighted by molar-refractivity contribution is 0.406. The first-order valence-electron chi connectivity index (χ1n) is 6.78. The lowest BCUT2D eigenvalue weighted by Crippen LogP contribution is -2.24. The lowest BCUT2D eigenvalue weighted by Gasteiger charge is -2.31. The van der Waals surface area contributed by atoms with Gasteiger partial charge in [-0.05, 0) is 53.7 Å². The van der Waals surface area contributed by atoms with Crippen LogP contribution in [0, 0.1) is 5.92 Å². The molecule has 0 aromatic heterocycles. The van der Waals surface area contributed by atoms with E-state index >= 15 is 0 Å². The van der Waals surface area contributed by atoms with Crippen molar-refractivity contribution in [2.75, 3.05) is 11.5 Å². The molecule has 1 aromatic carbocycles. The minimum absolute atomic E-state index is 0.266. The molecule has 2 N–H and O–H groups in total. The SMILES string of the molecule is NC(c1ccccc1C1CCC1)C1CCSC1. The Hall–Kier alpha value is -0.470. The van der Waals surface area contributed by atoms with Crippen LogP contribution in [0.15, 0.2) is 24.3 Å².